The van der Waals surface area contributed by atoms with Gasteiger partial charge >= 0.3 is 5.97 Å². The first kappa shape index (κ1) is 19.8. The third kappa shape index (κ3) is 3.32. The molecule has 0 bridgehead atoms. The van der Waals surface area contributed by atoms with Crippen LogP contribution in [0.15, 0.2) is 21.3 Å². The van der Waals surface area contributed by atoms with E-state index in [0.29, 0.717) is 11.1 Å². The third-order valence-electron chi connectivity index (χ3n) is 5.30. The predicted molar refractivity (Wildman–Crippen MR) is 109 cm³/mol. The van der Waals surface area contributed by atoms with Gasteiger partial charge in [-0.05, 0) is 25.5 Å². The number of benzene rings is 1. The van der Waals surface area contributed by atoms with E-state index in [9.17, 15) is 19.8 Å². The molecule has 0 radical (unpaired) electrons. The summed E-state index contributed by atoms with van der Waals surface area (Å²) in [5.41, 5.74) is 7.72. The number of hydrogen-bond donors (Lipinski definition) is 3. The first-order valence-electron chi connectivity index (χ1n) is 9.68. The Kier molecular flexibility index (Phi) is 5.63. The molecule has 0 amide bonds. The topological polar surface area (TPSA) is 119 Å². The lowest BCUT2D eigenvalue weighted by molar-refractivity contribution is 0.0658. The number of unbranched alkanes of at least 4 members (excludes halogenated alkanes) is 5. The summed E-state index contributed by atoms with van der Waals surface area (Å²) in [5.74, 6) is -3.18. The SMILES string of the molecule is CCCCCCCCn1c(C)c(N)c2c3oc(C(=O)O)c(O)c(=O)c3ccc21. The van der Waals surface area contributed by atoms with Crippen molar-refractivity contribution in [3.05, 3.63) is 33.8 Å². The van der Waals surface area contributed by atoms with E-state index in [1.807, 2.05) is 6.92 Å². The number of rotatable bonds is 8. The average Bonchev–Trinajstić information content (AvgIpc) is 2.91. The summed E-state index contributed by atoms with van der Waals surface area (Å²) in [6.07, 6.45) is 7.03. The van der Waals surface area contributed by atoms with Crippen molar-refractivity contribution in [2.45, 2.75) is 58.9 Å². The number of aromatic carboxylic acids is 1. The first-order valence-corrected chi connectivity index (χ1v) is 9.68. The van der Waals surface area contributed by atoms with Crippen LogP contribution in [-0.4, -0.2) is 20.7 Å². The summed E-state index contributed by atoms with van der Waals surface area (Å²) >= 11 is 0. The molecule has 28 heavy (non-hydrogen) atoms. The van der Waals surface area contributed by atoms with Crippen LogP contribution in [0.5, 0.6) is 5.75 Å². The summed E-state index contributed by atoms with van der Waals surface area (Å²) in [6, 6.07) is 3.32. The van der Waals surface area contributed by atoms with Crippen molar-refractivity contribution in [1.29, 1.82) is 0 Å². The molecule has 2 heterocycles. The van der Waals surface area contributed by atoms with E-state index in [2.05, 4.69) is 11.5 Å². The van der Waals surface area contributed by atoms with Crippen molar-refractivity contribution in [1.82, 2.24) is 4.57 Å². The molecule has 0 aliphatic rings. The molecule has 3 aromatic rings. The second kappa shape index (κ2) is 7.96. The fourth-order valence-corrected chi connectivity index (χ4v) is 3.71. The Bertz CT molecular complexity index is 1090. The number of aromatic hydroxyl groups is 1. The normalized spacial score (nSPS) is 11.5. The van der Waals surface area contributed by atoms with E-state index in [4.69, 9.17) is 10.2 Å². The number of nitrogens with zero attached hydrogens (tertiary/aromatic N) is 1. The zero-order valence-electron chi connectivity index (χ0n) is 16.2. The molecule has 7 heteroatoms. The Hall–Kier alpha value is -2.96. The molecule has 0 unspecified atom stereocenters. The minimum absolute atomic E-state index is 0.0972. The largest absolute Gasteiger partial charge is 0.501 e. The number of carbonyl (C=O) groups is 1. The maximum atomic E-state index is 12.4. The zero-order valence-corrected chi connectivity index (χ0v) is 16.2. The van der Waals surface area contributed by atoms with Gasteiger partial charge in [0.25, 0.3) is 5.76 Å². The number of anilines is 1. The predicted octanol–water partition coefficient (Wildman–Crippen LogP) is 4.40. The van der Waals surface area contributed by atoms with Crippen molar-refractivity contribution < 1.29 is 19.4 Å². The molecule has 0 aliphatic carbocycles. The fraction of sp³-hybridized carbons (Fsp3) is 0.429. The highest BCUT2D eigenvalue weighted by atomic mass is 16.4. The molecule has 0 fully saturated rings. The summed E-state index contributed by atoms with van der Waals surface area (Å²) in [4.78, 5) is 23.7. The first-order chi connectivity index (χ1) is 13.4. The van der Waals surface area contributed by atoms with Crippen LogP contribution in [0.1, 0.15) is 61.7 Å². The van der Waals surface area contributed by atoms with E-state index < -0.39 is 22.9 Å². The van der Waals surface area contributed by atoms with Crippen LogP contribution in [0.25, 0.3) is 21.9 Å². The standard InChI is InChI=1S/C21H26N2O5/c1-3-4-5-6-7-8-11-23-12(2)16(22)15-14(23)10-9-13-17(24)18(25)20(21(26)27)28-19(13)15/h9-10,25H,3-8,11,22H2,1-2H3,(H,26,27). The molecule has 0 saturated carbocycles. The van der Waals surface area contributed by atoms with Gasteiger partial charge in [0.2, 0.25) is 11.2 Å². The van der Waals surface area contributed by atoms with Crippen LogP contribution >= 0.6 is 0 Å². The number of hydrogen-bond acceptors (Lipinski definition) is 5. The van der Waals surface area contributed by atoms with Gasteiger partial charge in [-0.3, -0.25) is 4.79 Å². The molecule has 0 spiro atoms. The summed E-state index contributed by atoms with van der Waals surface area (Å²) in [5, 5.41) is 19.7. The quantitative estimate of drug-likeness (QED) is 0.494. The Morgan fingerprint density at radius 1 is 1.18 bits per heavy atom. The molecule has 3 rings (SSSR count). The monoisotopic (exact) mass is 386 g/mol. The molecule has 150 valence electrons. The Balaban J connectivity index is 2.06. The maximum Gasteiger partial charge on any atom is 0.375 e. The molecular weight excluding hydrogens is 360 g/mol. The summed E-state index contributed by atoms with van der Waals surface area (Å²) in [7, 11) is 0. The van der Waals surface area contributed by atoms with Crippen LogP contribution < -0.4 is 11.2 Å². The van der Waals surface area contributed by atoms with Gasteiger partial charge in [0.1, 0.15) is 0 Å². The van der Waals surface area contributed by atoms with Crippen molar-refractivity contribution in [2.24, 2.45) is 0 Å². The van der Waals surface area contributed by atoms with Gasteiger partial charge in [-0.15, -0.1) is 0 Å². The van der Waals surface area contributed by atoms with Gasteiger partial charge in [-0.25, -0.2) is 4.79 Å². The van der Waals surface area contributed by atoms with E-state index in [1.54, 1.807) is 12.1 Å². The number of aromatic nitrogens is 1. The van der Waals surface area contributed by atoms with Crippen LogP contribution in [0.4, 0.5) is 5.69 Å². The Labute approximate surface area is 162 Å². The molecular formula is C21H26N2O5. The molecule has 0 aliphatic heterocycles. The van der Waals surface area contributed by atoms with Gasteiger partial charge < -0.3 is 24.9 Å². The summed E-state index contributed by atoms with van der Waals surface area (Å²) < 4.78 is 7.50. The lowest BCUT2D eigenvalue weighted by Gasteiger charge is -2.09. The maximum absolute atomic E-state index is 12.4. The van der Waals surface area contributed by atoms with E-state index in [0.717, 1.165) is 30.6 Å². The van der Waals surface area contributed by atoms with Crippen molar-refractivity contribution >= 4 is 33.5 Å². The molecule has 7 nitrogen and oxygen atoms in total. The number of nitrogens with two attached hydrogens (primary N) is 1. The fourth-order valence-electron chi connectivity index (χ4n) is 3.71. The minimum atomic E-state index is -1.50. The summed E-state index contributed by atoms with van der Waals surface area (Å²) in [6.45, 7) is 4.87. The van der Waals surface area contributed by atoms with Crippen LogP contribution in [0, 0.1) is 6.92 Å². The van der Waals surface area contributed by atoms with Crippen molar-refractivity contribution in [3.8, 4) is 5.75 Å². The number of fused-ring (bicyclic) bond motifs is 3. The van der Waals surface area contributed by atoms with E-state index >= 15 is 0 Å². The van der Waals surface area contributed by atoms with E-state index in [-0.39, 0.29) is 11.0 Å². The minimum Gasteiger partial charge on any atom is -0.501 e. The molecule has 0 atom stereocenters. The zero-order chi connectivity index (χ0) is 20.4. The smallest absolute Gasteiger partial charge is 0.375 e. The number of carboxylic acids is 1. The number of carboxylic acid groups (broad SMARTS) is 1. The lowest BCUT2D eigenvalue weighted by Crippen LogP contribution is -2.08. The molecule has 0 saturated heterocycles. The van der Waals surface area contributed by atoms with Gasteiger partial charge in [0.05, 0.1) is 22.0 Å². The molecule has 2 aromatic heterocycles. The van der Waals surface area contributed by atoms with Crippen molar-refractivity contribution in [3.63, 3.8) is 0 Å². The number of nitrogen functional groups attached to an aromatic ring is 1. The van der Waals surface area contributed by atoms with E-state index in [1.165, 1.54) is 25.7 Å². The van der Waals surface area contributed by atoms with Crippen LogP contribution in [0.2, 0.25) is 0 Å². The van der Waals surface area contributed by atoms with Gasteiger partial charge in [0.15, 0.2) is 5.58 Å². The highest BCUT2D eigenvalue weighted by Crippen LogP contribution is 2.35. The van der Waals surface area contributed by atoms with Gasteiger partial charge in [-0.2, -0.15) is 0 Å². The number of aryl methyl sites for hydroxylation is 1. The van der Waals surface area contributed by atoms with Crippen molar-refractivity contribution in [2.75, 3.05) is 5.73 Å². The molecule has 1 aromatic carbocycles. The second-order valence-electron chi connectivity index (χ2n) is 7.17. The van der Waals surface area contributed by atoms with Gasteiger partial charge in [-0.1, -0.05) is 39.0 Å². The second-order valence-corrected chi connectivity index (χ2v) is 7.17. The average molecular weight is 386 g/mol. The van der Waals surface area contributed by atoms with Crippen LogP contribution in [0.3, 0.4) is 0 Å². The Morgan fingerprint density at radius 3 is 2.54 bits per heavy atom. The lowest BCUT2D eigenvalue weighted by atomic mass is 10.1. The highest BCUT2D eigenvalue weighted by molar-refractivity contribution is 6.11. The van der Waals surface area contributed by atoms with Gasteiger partial charge in [0, 0.05) is 12.2 Å². The molecule has 4 N–H and O–H groups in total. The Morgan fingerprint density at radius 2 is 1.86 bits per heavy atom. The highest BCUT2D eigenvalue weighted by Gasteiger charge is 2.23. The van der Waals surface area contributed by atoms with Crippen LogP contribution in [-0.2, 0) is 6.54 Å². The third-order valence-corrected chi connectivity index (χ3v) is 5.30.